The molecule has 0 aliphatic carbocycles. The molecule has 0 bridgehead atoms. The molecule has 15 heavy (non-hydrogen) atoms. The van der Waals surface area contributed by atoms with Gasteiger partial charge in [-0.15, -0.1) is 0 Å². The second-order valence-electron chi connectivity index (χ2n) is 2.90. The monoisotopic (exact) mass is 200 g/mol. The van der Waals surface area contributed by atoms with E-state index in [2.05, 4.69) is 0 Å². The van der Waals surface area contributed by atoms with Gasteiger partial charge in [-0.1, -0.05) is 18.2 Å². The Morgan fingerprint density at radius 2 is 2.13 bits per heavy atom. The molecule has 0 saturated heterocycles. The van der Waals surface area contributed by atoms with Gasteiger partial charge in [0.25, 0.3) is 5.91 Å². The molecule has 3 nitrogen and oxygen atoms in total. The zero-order chi connectivity index (χ0) is 11.1. The number of carbonyl (C=O) groups excluding carboxylic acids is 1. The Morgan fingerprint density at radius 3 is 2.67 bits per heavy atom. The van der Waals surface area contributed by atoms with E-state index in [-0.39, 0.29) is 5.91 Å². The summed E-state index contributed by atoms with van der Waals surface area (Å²) in [5.74, 6) is -0.0930. The van der Waals surface area contributed by atoms with Crippen LogP contribution in [0.15, 0.2) is 42.6 Å². The Bertz CT molecular complexity index is 390. The van der Waals surface area contributed by atoms with E-state index in [1.54, 1.807) is 12.1 Å². The number of nitrogens with zero attached hydrogens (tertiary/aromatic N) is 2. The first kappa shape index (κ1) is 11.0. The van der Waals surface area contributed by atoms with E-state index in [0.717, 1.165) is 0 Å². The second-order valence-corrected chi connectivity index (χ2v) is 2.90. The van der Waals surface area contributed by atoms with Crippen LogP contribution in [0, 0.1) is 11.3 Å². The first-order valence-corrected chi connectivity index (χ1v) is 4.72. The summed E-state index contributed by atoms with van der Waals surface area (Å²) in [4.78, 5) is 13.3. The highest BCUT2D eigenvalue weighted by Crippen LogP contribution is 2.04. The molecule has 0 radical (unpaired) electrons. The summed E-state index contributed by atoms with van der Waals surface area (Å²) in [7, 11) is 0. The smallest absolute Gasteiger partial charge is 0.257 e. The lowest BCUT2D eigenvalue weighted by molar-refractivity contribution is 0.0828. The standard InChI is InChI=1S/C12H12N2O/c1-2-14(10-6-9-13)12(15)11-7-4-3-5-8-11/h3-8,10H,2H2,1H3/b10-6+. The average molecular weight is 200 g/mol. The molecule has 0 spiro atoms. The highest BCUT2D eigenvalue weighted by Gasteiger charge is 2.10. The minimum atomic E-state index is -0.0930. The molecule has 3 heteroatoms. The van der Waals surface area contributed by atoms with Crippen LogP contribution in [0.2, 0.25) is 0 Å². The van der Waals surface area contributed by atoms with Gasteiger partial charge in [0.1, 0.15) is 0 Å². The fraction of sp³-hybridized carbons (Fsp3) is 0.167. The summed E-state index contributed by atoms with van der Waals surface area (Å²) < 4.78 is 0. The van der Waals surface area contributed by atoms with Gasteiger partial charge >= 0.3 is 0 Å². The lowest BCUT2D eigenvalue weighted by Gasteiger charge is -2.15. The number of allylic oxidation sites excluding steroid dienone is 1. The van der Waals surface area contributed by atoms with Gasteiger partial charge < -0.3 is 4.90 Å². The molecule has 1 aromatic rings. The Kier molecular flexibility index (Phi) is 4.11. The number of hydrogen-bond acceptors (Lipinski definition) is 2. The summed E-state index contributed by atoms with van der Waals surface area (Å²) in [6.07, 6.45) is 2.79. The van der Waals surface area contributed by atoms with Crippen molar-refractivity contribution in [1.29, 1.82) is 5.26 Å². The zero-order valence-electron chi connectivity index (χ0n) is 8.55. The number of amides is 1. The summed E-state index contributed by atoms with van der Waals surface area (Å²) in [6.45, 7) is 2.41. The maximum atomic E-state index is 11.8. The van der Waals surface area contributed by atoms with Crippen molar-refractivity contribution in [3.05, 3.63) is 48.2 Å². The predicted molar refractivity (Wildman–Crippen MR) is 57.9 cm³/mol. The molecule has 0 aliphatic heterocycles. The molecule has 76 valence electrons. The van der Waals surface area contributed by atoms with E-state index in [0.29, 0.717) is 12.1 Å². The molecule has 0 N–H and O–H groups in total. The first-order valence-electron chi connectivity index (χ1n) is 4.72. The zero-order valence-corrected chi connectivity index (χ0v) is 8.55. The largest absolute Gasteiger partial charge is 0.315 e. The van der Waals surface area contributed by atoms with Crippen LogP contribution in [0.3, 0.4) is 0 Å². The topological polar surface area (TPSA) is 44.1 Å². The third-order valence-corrected chi connectivity index (χ3v) is 1.95. The Hall–Kier alpha value is -2.08. The number of carbonyl (C=O) groups is 1. The van der Waals surface area contributed by atoms with Gasteiger partial charge in [-0.05, 0) is 19.1 Å². The molecule has 0 atom stereocenters. The van der Waals surface area contributed by atoms with Crippen LogP contribution in [0.5, 0.6) is 0 Å². The van der Waals surface area contributed by atoms with Crippen molar-refractivity contribution in [2.75, 3.05) is 6.54 Å². The molecule has 0 heterocycles. The van der Waals surface area contributed by atoms with Crippen LogP contribution in [0.1, 0.15) is 17.3 Å². The number of hydrogen-bond donors (Lipinski definition) is 0. The van der Waals surface area contributed by atoms with Crippen LogP contribution < -0.4 is 0 Å². The van der Waals surface area contributed by atoms with Crippen molar-refractivity contribution >= 4 is 5.91 Å². The minimum Gasteiger partial charge on any atom is -0.315 e. The number of rotatable bonds is 3. The summed E-state index contributed by atoms with van der Waals surface area (Å²) in [6, 6.07) is 10.9. The third kappa shape index (κ3) is 2.96. The maximum absolute atomic E-state index is 11.8. The van der Waals surface area contributed by atoms with Crippen molar-refractivity contribution < 1.29 is 4.79 Å². The summed E-state index contributed by atoms with van der Waals surface area (Å²) in [5.41, 5.74) is 0.627. The maximum Gasteiger partial charge on any atom is 0.257 e. The van der Waals surface area contributed by atoms with Crippen molar-refractivity contribution in [2.45, 2.75) is 6.92 Å². The molecule has 0 aromatic heterocycles. The minimum absolute atomic E-state index is 0.0930. The molecule has 0 aliphatic rings. The molecule has 1 aromatic carbocycles. The summed E-state index contributed by atoms with van der Waals surface area (Å²) in [5, 5.41) is 8.39. The van der Waals surface area contributed by atoms with E-state index in [9.17, 15) is 4.79 Å². The van der Waals surface area contributed by atoms with Crippen LogP contribution in [0.4, 0.5) is 0 Å². The van der Waals surface area contributed by atoms with Crippen LogP contribution in [-0.2, 0) is 0 Å². The molecule has 0 saturated carbocycles. The van der Waals surface area contributed by atoms with Crippen molar-refractivity contribution in [3.8, 4) is 6.07 Å². The molecule has 1 amide bonds. The van der Waals surface area contributed by atoms with Gasteiger partial charge in [-0.25, -0.2) is 0 Å². The van der Waals surface area contributed by atoms with Crippen LogP contribution in [0.25, 0.3) is 0 Å². The Labute approximate surface area is 89.2 Å². The lowest BCUT2D eigenvalue weighted by Crippen LogP contribution is -2.25. The van der Waals surface area contributed by atoms with Gasteiger partial charge in [-0.2, -0.15) is 5.26 Å². The molecular formula is C12H12N2O. The fourth-order valence-electron chi connectivity index (χ4n) is 1.19. The third-order valence-electron chi connectivity index (χ3n) is 1.95. The van der Waals surface area contributed by atoms with E-state index < -0.39 is 0 Å². The van der Waals surface area contributed by atoms with Crippen molar-refractivity contribution in [1.82, 2.24) is 4.90 Å². The second kappa shape index (κ2) is 5.61. The van der Waals surface area contributed by atoms with Crippen molar-refractivity contribution in [3.63, 3.8) is 0 Å². The Balaban J connectivity index is 2.84. The highest BCUT2D eigenvalue weighted by atomic mass is 16.2. The molecule has 1 rings (SSSR count). The van der Waals surface area contributed by atoms with Crippen molar-refractivity contribution in [2.24, 2.45) is 0 Å². The van der Waals surface area contributed by atoms with Gasteiger partial charge in [0.05, 0.1) is 6.07 Å². The van der Waals surface area contributed by atoms with Gasteiger partial charge in [0, 0.05) is 24.4 Å². The lowest BCUT2D eigenvalue weighted by atomic mass is 10.2. The van der Waals surface area contributed by atoms with Crippen LogP contribution in [-0.4, -0.2) is 17.4 Å². The molecule has 0 unspecified atom stereocenters. The van der Waals surface area contributed by atoms with E-state index >= 15 is 0 Å². The Morgan fingerprint density at radius 1 is 1.47 bits per heavy atom. The van der Waals surface area contributed by atoms with E-state index in [1.165, 1.54) is 17.2 Å². The fourth-order valence-corrected chi connectivity index (χ4v) is 1.19. The SMILES string of the molecule is CCN(/C=C/C#N)C(=O)c1ccccc1. The van der Waals surface area contributed by atoms with Gasteiger partial charge in [0.2, 0.25) is 0 Å². The predicted octanol–water partition coefficient (Wildman–Crippen LogP) is 2.19. The summed E-state index contributed by atoms with van der Waals surface area (Å²) >= 11 is 0. The average Bonchev–Trinajstić information content (AvgIpc) is 2.31. The molecular weight excluding hydrogens is 188 g/mol. The molecule has 0 fully saturated rings. The number of nitriles is 1. The van der Waals surface area contributed by atoms with E-state index in [4.69, 9.17) is 5.26 Å². The quantitative estimate of drug-likeness (QED) is 0.702. The van der Waals surface area contributed by atoms with Gasteiger partial charge in [-0.3, -0.25) is 4.79 Å². The van der Waals surface area contributed by atoms with E-state index in [1.807, 2.05) is 31.2 Å². The van der Waals surface area contributed by atoms with Crippen LogP contribution >= 0.6 is 0 Å². The number of benzene rings is 1. The van der Waals surface area contributed by atoms with Gasteiger partial charge in [0.15, 0.2) is 0 Å². The highest BCUT2D eigenvalue weighted by molar-refractivity contribution is 5.94. The normalized spacial score (nSPS) is 9.87. The first-order chi connectivity index (χ1) is 7.29.